The molecule has 3 aromatic heterocycles. The van der Waals surface area contributed by atoms with Crippen molar-refractivity contribution in [3.05, 3.63) is 65.6 Å². The molecular weight excluding hydrogens is 465 g/mol. The largest absolute Gasteiger partial charge is 0.492 e. The number of aromatic nitrogens is 5. The van der Waals surface area contributed by atoms with Crippen molar-refractivity contribution in [3.8, 4) is 22.8 Å². The SMILES string of the molecule is COc1c(F)cccc1Nc1c2[nH]c3c1C(=O)NCC3CCCn1cc(nn1)COc1cnccc1-2. The van der Waals surface area contributed by atoms with Crippen molar-refractivity contribution in [3.63, 3.8) is 0 Å². The van der Waals surface area contributed by atoms with Crippen molar-refractivity contribution < 1.29 is 18.7 Å². The standard InChI is InChI=1S/C25H24FN7O3/c1-35-24-17(26)5-2-6-18(24)29-23-20-21-14(10-28-25(20)34)4-3-9-33-12-15(31-32-33)13-36-19-11-27-8-7-16(19)22(23)30-21/h2,5-8,11-12,14,29-30H,3-4,9-10,13H2,1H3,(H,28,34). The molecule has 5 heterocycles. The van der Waals surface area contributed by atoms with Crippen molar-refractivity contribution in [2.24, 2.45) is 0 Å². The van der Waals surface area contributed by atoms with Crippen molar-refractivity contribution >= 4 is 17.3 Å². The van der Waals surface area contributed by atoms with E-state index in [-0.39, 0.29) is 24.2 Å². The molecule has 0 radical (unpaired) electrons. The Balaban J connectivity index is 1.54. The van der Waals surface area contributed by atoms with Gasteiger partial charge in [0.1, 0.15) is 18.1 Å². The van der Waals surface area contributed by atoms with Crippen molar-refractivity contribution in [2.45, 2.75) is 31.9 Å². The van der Waals surface area contributed by atoms with Crippen molar-refractivity contribution in [2.75, 3.05) is 19.0 Å². The first kappa shape index (κ1) is 22.1. The molecule has 3 N–H and O–H groups in total. The zero-order chi connectivity index (χ0) is 24.6. The number of aryl methyl sites for hydroxylation is 1. The summed E-state index contributed by atoms with van der Waals surface area (Å²) in [5.74, 6) is -0.0874. The monoisotopic (exact) mass is 489 g/mol. The van der Waals surface area contributed by atoms with Gasteiger partial charge in [-0.15, -0.1) is 5.10 Å². The molecule has 1 unspecified atom stereocenters. The minimum atomic E-state index is -0.505. The lowest BCUT2D eigenvalue weighted by Gasteiger charge is -2.24. The van der Waals surface area contributed by atoms with Crippen LogP contribution >= 0.6 is 0 Å². The van der Waals surface area contributed by atoms with Crippen LogP contribution in [-0.2, 0) is 13.2 Å². The number of nitrogens with zero attached hydrogens (tertiary/aromatic N) is 4. The molecule has 184 valence electrons. The van der Waals surface area contributed by atoms with Crippen LogP contribution in [0.25, 0.3) is 11.3 Å². The minimum absolute atomic E-state index is 0.0542. The van der Waals surface area contributed by atoms with Gasteiger partial charge < -0.3 is 25.1 Å². The second kappa shape index (κ2) is 8.99. The predicted molar refractivity (Wildman–Crippen MR) is 129 cm³/mol. The van der Waals surface area contributed by atoms with E-state index in [1.165, 1.54) is 13.2 Å². The Hall–Kier alpha value is -4.41. The quantitative estimate of drug-likeness (QED) is 0.401. The molecule has 1 aromatic carbocycles. The molecule has 1 atom stereocenters. The van der Waals surface area contributed by atoms with Gasteiger partial charge in [-0.1, -0.05) is 11.3 Å². The topological polar surface area (TPSA) is 119 Å². The Bertz CT molecular complexity index is 1450. The summed E-state index contributed by atoms with van der Waals surface area (Å²) in [5.41, 5.74) is 4.29. The highest BCUT2D eigenvalue weighted by Crippen LogP contribution is 2.44. The number of hydrogen-bond acceptors (Lipinski definition) is 7. The molecule has 6 rings (SSSR count). The summed E-state index contributed by atoms with van der Waals surface area (Å²) in [6.07, 6.45) is 6.83. The molecule has 0 aliphatic carbocycles. The Morgan fingerprint density at radius 3 is 3.11 bits per heavy atom. The fourth-order valence-corrected chi connectivity index (χ4v) is 4.86. The molecule has 2 aliphatic rings. The number of benzene rings is 1. The van der Waals surface area contributed by atoms with Gasteiger partial charge in [0, 0.05) is 36.5 Å². The highest BCUT2D eigenvalue weighted by molar-refractivity contribution is 6.07. The Morgan fingerprint density at radius 1 is 1.31 bits per heavy atom. The van der Waals surface area contributed by atoms with Crippen LogP contribution in [-0.4, -0.2) is 44.5 Å². The summed E-state index contributed by atoms with van der Waals surface area (Å²) in [6.45, 7) is 1.42. The van der Waals surface area contributed by atoms with Crippen molar-refractivity contribution in [1.29, 1.82) is 0 Å². The number of H-pyrrole nitrogens is 1. The maximum Gasteiger partial charge on any atom is 0.255 e. The maximum absolute atomic E-state index is 14.5. The number of hydrogen-bond donors (Lipinski definition) is 3. The first-order valence-corrected chi connectivity index (χ1v) is 11.7. The van der Waals surface area contributed by atoms with Crippen LogP contribution in [0.4, 0.5) is 15.8 Å². The number of halogens is 1. The Kier molecular flexibility index (Phi) is 5.51. The number of rotatable bonds is 3. The third-order valence-corrected chi connectivity index (χ3v) is 6.56. The fraction of sp³-hybridized carbons (Fsp3) is 0.280. The number of anilines is 2. The van der Waals surface area contributed by atoms with E-state index in [1.54, 1.807) is 29.2 Å². The summed E-state index contributed by atoms with van der Waals surface area (Å²) in [4.78, 5) is 20.9. The lowest BCUT2D eigenvalue weighted by Crippen LogP contribution is -2.35. The summed E-state index contributed by atoms with van der Waals surface area (Å²) >= 11 is 0. The summed E-state index contributed by atoms with van der Waals surface area (Å²) in [7, 11) is 1.41. The fourth-order valence-electron chi connectivity index (χ4n) is 4.86. The van der Waals surface area contributed by atoms with E-state index in [4.69, 9.17) is 9.47 Å². The van der Waals surface area contributed by atoms with Crippen LogP contribution in [0.2, 0.25) is 0 Å². The molecule has 4 bridgehead atoms. The first-order chi connectivity index (χ1) is 17.6. The number of fused-ring (bicyclic) bond motifs is 5. The molecule has 0 spiro atoms. The second-order valence-electron chi connectivity index (χ2n) is 8.79. The zero-order valence-electron chi connectivity index (χ0n) is 19.5. The van der Waals surface area contributed by atoms with Crippen LogP contribution < -0.4 is 20.1 Å². The van der Waals surface area contributed by atoms with Gasteiger partial charge in [0.2, 0.25) is 0 Å². The van der Waals surface area contributed by atoms with E-state index in [0.717, 1.165) is 18.5 Å². The highest BCUT2D eigenvalue weighted by atomic mass is 19.1. The van der Waals surface area contributed by atoms with Crippen LogP contribution in [0.1, 0.15) is 40.5 Å². The number of methoxy groups -OCH3 is 1. The van der Waals surface area contributed by atoms with E-state index >= 15 is 0 Å². The average molecular weight is 490 g/mol. The van der Waals surface area contributed by atoms with Gasteiger partial charge >= 0.3 is 0 Å². The van der Waals surface area contributed by atoms with Gasteiger partial charge in [0.05, 0.1) is 42.1 Å². The van der Waals surface area contributed by atoms with Gasteiger partial charge in [0.15, 0.2) is 11.6 Å². The lowest BCUT2D eigenvalue weighted by molar-refractivity contribution is 0.0939. The number of carbonyl (C=O) groups excluding carboxylic acids is 1. The molecule has 4 aromatic rings. The number of para-hydroxylation sites is 1. The smallest absolute Gasteiger partial charge is 0.255 e. The van der Waals surface area contributed by atoms with Crippen LogP contribution in [0.15, 0.2) is 42.9 Å². The molecule has 36 heavy (non-hydrogen) atoms. The number of carbonyl (C=O) groups is 1. The molecule has 1 amide bonds. The van der Waals surface area contributed by atoms with E-state index in [9.17, 15) is 9.18 Å². The van der Waals surface area contributed by atoms with E-state index < -0.39 is 5.82 Å². The summed E-state index contributed by atoms with van der Waals surface area (Å²) < 4.78 is 27.7. The van der Waals surface area contributed by atoms with Gasteiger partial charge in [-0.2, -0.15) is 0 Å². The number of nitrogens with one attached hydrogen (secondary N) is 3. The van der Waals surface area contributed by atoms with Crippen LogP contribution in [0.5, 0.6) is 11.5 Å². The predicted octanol–water partition coefficient (Wildman–Crippen LogP) is 3.76. The van der Waals surface area contributed by atoms with Crippen LogP contribution in [0, 0.1) is 5.82 Å². The van der Waals surface area contributed by atoms with Gasteiger partial charge in [0.25, 0.3) is 5.91 Å². The van der Waals surface area contributed by atoms with E-state index in [2.05, 4.69) is 30.9 Å². The third-order valence-electron chi connectivity index (χ3n) is 6.56. The third kappa shape index (κ3) is 3.82. The molecular formula is C25H24FN7O3. The van der Waals surface area contributed by atoms with Gasteiger partial charge in [-0.05, 0) is 31.0 Å². The lowest BCUT2D eigenvalue weighted by atomic mass is 9.92. The molecule has 10 nitrogen and oxygen atoms in total. The molecule has 0 fully saturated rings. The summed E-state index contributed by atoms with van der Waals surface area (Å²) in [5, 5.41) is 14.7. The van der Waals surface area contributed by atoms with Crippen molar-refractivity contribution in [1.82, 2.24) is 30.3 Å². The highest BCUT2D eigenvalue weighted by Gasteiger charge is 2.33. The second-order valence-corrected chi connectivity index (χ2v) is 8.79. The Morgan fingerprint density at radius 2 is 2.22 bits per heavy atom. The van der Waals surface area contributed by atoms with Gasteiger partial charge in [-0.3, -0.25) is 14.5 Å². The Labute approximate surface area is 205 Å². The molecule has 0 saturated heterocycles. The average Bonchev–Trinajstić information content (AvgIpc) is 3.49. The van der Waals surface area contributed by atoms with Gasteiger partial charge in [-0.25, -0.2) is 4.39 Å². The van der Waals surface area contributed by atoms with E-state index in [0.29, 0.717) is 52.7 Å². The normalized spacial score (nSPS) is 16.8. The number of aromatic amines is 1. The molecule has 0 saturated carbocycles. The number of ether oxygens (including phenoxy) is 2. The molecule has 11 heteroatoms. The minimum Gasteiger partial charge on any atom is -0.492 e. The number of pyridine rings is 1. The summed E-state index contributed by atoms with van der Waals surface area (Å²) in [6, 6.07) is 6.44. The van der Waals surface area contributed by atoms with E-state index in [1.807, 2.05) is 12.3 Å². The van der Waals surface area contributed by atoms with Crippen LogP contribution in [0.3, 0.4) is 0 Å². The zero-order valence-corrected chi connectivity index (χ0v) is 19.5. The number of amides is 1. The first-order valence-electron chi connectivity index (χ1n) is 11.7. The maximum atomic E-state index is 14.5. The molecule has 2 aliphatic heterocycles.